The van der Waals surface area contributed by atoms with Crippen LogP contribution in [0.25, 0.3) is 22.4 Å². The van der Waals surface area contributed by atoms with Gasteiger partial charge in [-0.15, -0.1) is 0 Å². The van der Waals surface area contributed by atoms with Crippen LogP contribution in [0, 0.1) is 0 Å². The molecule has 104 valence electrons. The number of carboxylic acid groups (broad SMARTS) is 1. The number of carbonyl (C=O) groups is 1. The number of hydrogen-bond donors (Lipinski definition) is 2. The molecule has 0 saturated heterocycles. The molecule has 21 heavy (non-hydrogen) atoms. The zero-order valence-electron chi connectivity index (χ0n) is 11.4. The van der Waals surface area contributed by atoms with Gasteiger partial charge in [0, 0.05) is 5.56 Å². The number of nitrogens with one attached hydrogen (secondary N) is 1. The quantitative estimate of drug-likeness (QED) is 0.755. The number of nitrogens with zero attached hydrogens (tertiary/aromatic N) is 1. The summed E-state index contributed by atoms with van der Waals surface area (Å²) in [6, 6.07) is 11.5. The zero-order chi connectivity index (χ0) is 14.4. The standard InChI is InChI=1S/C17H14N2O2/c20-17(21)13-5-2-6-14-15(13)19-16(18-14)12-8-7-10-3-1-4-11(10)9-12/h2,5-9H,1,3-4H2,(H,18,19)(H,20,21). The third-order valence-electron chi connectivity index (χ3n) is 4.12. The summed E-state index contributed by atoms with van der Waals surface area (Å²) < 4.78 is 0. The van der Waals surface area contributed by atoms with Crippen LogP contribution in [0.2, 0.25) is 0 Å². The van der Waals surface area contributed by atoms with Crippen LogP contribution in [0.5, 0.6) is 0 Å². The van der Waals surface area contributed by atoms with Gasteiger partial charge in [0.25, 0.3) is 0 Å². The molecule has 0 unspecified atom stereocenters. The van der Waals surface area contributed by atoms with Crippen molar-refractivity contribution in [3.8, 4) is 11.4 Å². The topological polar surface area (TPSA) is 66.0 Å². The number of para-hydroxylation sites is 1. The molecule has 0 aliphatic heterocycles. The molecule has 2 aromatic carbocycles. The highest BCUT2D eigenvalue weighted by Crippen LogP contribution is 2.28. The van der Waals surface area contributed by atoms with Crippen molar-refractivity contribution in [2.24, 2.45) is 0 Å². The molecule has 0 fully saturated rings. The molecule has 0 atom stereocenters. The largest absolute Gasteiger partial charge is 0.478 e. The second-order valence-corrected chi connectivity index (χ2v) is 5.43. The Kier molecular flexibility index (Phi) is 2.57. The Bertz CT molecular complexity index is 864. The molecule has 1 aliphatic carbocycles. The van der Waals surface area contributed by atoms with Gasteiger partial charge in [0.05, 0.1) is 11.1 Å². The van der Waals surface area contributed by atoms with Gasteiger partial charge in [0.2, 0.25) is 0 Å². The summed E-state index contributed by atoms with van der Waals surface area (Å²) in [5.74, 6) is -0.221. The van der Waals surface area contributed by atoms with Crippen LogP contribution in [0.1, 0.15) is 27.9 Å². The van der Waals surface area contributed by atoms with Gasteiger partial charge in [0.1, 0.15) is 11.3 Å². The fourth-order valence-corrected chi connectivity index (χ4v) is 3.06. The number of aromatic carboxylic acids is 1. The summed E-state index contributed by atoms with van der Waals surface area (Å²) in [4.78, 5) is 19.0. The van der Waals surface area contributed by atoms with Crippen molar-refractivity contribution in [2.45, 2.75) is 19.3 Å². The lowest BCUT2D eigenvalue weighted by atomic mass is 10.1. The van der Waals surface area contributed by atoms with Crippen molar-refractivity contribution in [3.63, 3.8) is 0 Å². The highest BCUT2D eigenvalue weighted by atomic mass is 16.4. The maximum absolute atomic E-state index is 11.3. The normalized spacial score (nSPS) is 13.5. The van der Waals surface area contributed by atoms with Gasteiger partial charge in [-0.05, 0) is 48.6 Å². The molecule has 0 amide bonds. The Morgan fingerprint density at radius 3 is 2.86 bits per heavy atom. The van der Waals surface area contributed by atoms with E-state index in [-0.39, 0.29) is 5.56 Å². The van der Waals surface area contributed by atoms with E-state index in [2.05, 4.69) is 28.2 Å². The summed E-state index contributed by atoms with van der Waals surface area (Å²) in [5, 5.41) is 9.24. The van der Waals surface area contributed by atoms with E-state index in [1.54, 1.807) is 12.1 Å². The van der Waals surface area contributed by atoms with E-state index >= 15 is 0 Å². The number of aromatic nitrogens is 2. The van der Waals surface area contributed by atoms with Gasteiger partial charge >= 0.3 is 5.97 Å². The number of carboxylic acids is 1. The third-order valence-corrected chi connectivity index (χ3v) is 4.12. The zero-order valence-corrected chi connectivity index (χ0v) is 11.4. The van der Waals surface area contributed by atoms with Crippen LogP contribution >= 0.6 is 0 Å². The second kappa shape index (κ2) is 4.45. The molecular weight excluding hydrogens is 264 g/mol. The second-order valence-electron chi connectivity index (χ2n) is 5.43. The fourth-order valence-electron chi connectivity index (χ4n) is 3.06. The maximum Gasteiger partial charge on any atom is 0.337 e. The van der Waals surface area contributed by atoms with Crippen LogP contribution in [-0.4, -0.2) is 21.0 Å². The molecule has 0 radical (unpaired) electrons. The first-order valence-corrected chi connectivity index (χ1v) is 7.06. The minimum Gasteiger partial charge on any atom is -0.478 e. The molecule has 2 N–H and O–H groups in total. The van der Waals surface area contributed by atoms with E-state index in [1.807, 2.05) is 6.07 Å². The number of aryl methyl sites for hydroxylation is 2. The van der Waals surface area contributed by atoms with Crippen LogP contribution < -0.4 is 0 Å². The Labute approximate surface area is 121 Å². The molecule has 4 nitrogen and oxygen atoms in total. The number of imidazole rings is 1. The number of rotatable bonds is 2. The first-order valence-electron chi connectivity index (χ1n) is 7.06. The van der Waals surface area contributed by atoms with E-state index in [4.69, 9.17) is 0 Å². The highest BCUT2D eigenvalue weighted by molar-refractivity contribution is 6.01. The van der Waals surface area contributed by atoms with Crippen LogP contribution in [0.3, 0.4) is 0 Å². The van der Waals surface area contributed by atoms with E-state index < -0.39 is 5.97 Å². The summed E-state index contributed by atoms with van der Waals surface area (Å²) in [5.41, 5.74) is 5.32. The van der Waals surface area contributed by atoms with Gasteiger partial charge < -0.3 is 10.1 Å². The highest BCUT2D eigenvalue weighted by Gasteiger charge is 2.15. The van der Waals surface area contributed by atoms with Gasteiger partial charge in [-0.1, -0.05) is 18.2 Å². The van der Waals surface area contributed by atoms with E-state index in [0.29, 0.717) is 5.52 Å². The average Bonchev–Trinajstić information content (AvgIpc) is 3.11. The summed E-state index contributed by atoms with van der Waals surface area (Å²) in [6.45, 7) is 0. The van der Waals surface area contributed by atoms with Gasteiger partial charge in [-0.2, -0.15) is 0 Å². The Morgan fingerprint density at radius 1 is 1.14 bits per heavy atom. The first-order chi connectivity index (χ1) is 10.2. The van der Waals surface area contributed by atoms with Crippen molar-refractivity contribution in [2.75, 3.05) is 0 Å². The lowest BCUT2D eigenvalue weighted by molar-refractivity contribution is 0.0699. The Hall–Kier alpha value is -2.62. The molecule has 1 heterocycles. The van der Waals surface area contributed by atoms with Gasteiger partial charge in [-0.3, -0.25) is 0 Å². The average molecular weight is 278 g/mol. The molecule has 4 rings (SSSR count). The summed E-state index contributed by atoms with van der Waals surface area (Å²) >= 11 is 0. The molecule has 1 aliphatic rings. The third kappa shape index (κ3) is 1.91. The molecule has 4 heteroatoms. The number of fused-ring (bicyclic) bond motifs is 2. The molecule has 0 spiro atoms. The van der Waals surface area contributed by atoms with Crippen LogP contribution in [0.15, 0.2) is 36.4 Å². The molecule has 3 aromatic rings. The van der Waals surface area contributed by atoms with E-state index in [9.17, 15) is 9.90 Å². The Balaban J connectivity index is 1.87. The van der Waals surface area contributed by atoms with Gasteiger partial charge in [-0.25, -0.2) is 9.78 Å². The minimum atomic E-state index is -0.951. The van der Waals surface area contributed by atoms with Crippen LogP contribution in [-0.2, 0) is 12.8 Å². The van der Waals surface area contributed by atoms with Crippen molar-refractivity contribution in [3.05, 3.63) is 53.1 Å². The van der Waals surface area contributed by atoms with Crippen molar-refractivity contribution >= 4 is 17.0 Å². The number of benzene rings is 2. The van der Waals surface area contributed by atoms with Crippen molar-refractivity contribution < 1.29 is 9.90 Å². The minimum absolute atomic E-state index is 0.233. The predicted octanol–water partition coefficient (Wildman–Crippen LogP) is 3.42. The molecular formula is C17H14N2O2. The molecule has 0 saturated carbocycles. The number of H-pyrrole nitrogens is 1. The monoisotopic (exact) mass is 278 g/mol. The Morgan fingerprint density at radius 2 is 2.00 bits per heavy atom. The van der Waals surface area contributed by atoms with E-state index in [0.717, 1.165) is 29.7 Å². The molecule has 1 aromatic heterocycles. The SMILES string of the molecule is O=C(O)c1cccc2[nH]c(-c3ccc4c(c3)CCC4)nc12. The van der Waals surface area contributed by atoms with Crippen LogP contribution in [0.4, 0.5) is 0 Å². The lowest BCUT2D eigenvalue weighted by Gasteiger charge is -2.01. The van der Waals surface area contributed by atoms with Crippen molar-refractivity contribution in [1.29, 1.82) is 0 Å². The van der Waals surface area contributed by atoms with Gasteiger partial charge in [0.15, 0.2) is 0 Å². The predicted molar refractivity (Wildman–Crippen MR) is 80.5 cm³/mol. The molecule has 0 bridgehead atoms. The summed E-state index contributed by atoms with van der Waals surface area (Å²) in [7, 11) is 0. The van der Waals surface area contributed by atoms with E-state index in [1.165, 1.54) is 17.5 Å². The summed E-state index contributed by atoms with van der Waals surface area (Å²) in [6.07, 6.45) is 3.48. The first kappa shape index (κ1) is 12.1. The maximum atomic E-state index is 11.3. The van der Waals surface area contributed by atoms with Crippen molar-refractivity contribution in [1.82, 2.24) is 9.97 Å². The number of hydrogen-bond acceptors (Lipinski definition) is 2. The smallest absolute Gasteiger partial charge is 0.337 e. The fraction of sp³-hybridized carbons (Fsp3) is 0.176. The lowest BCUT2D eigenvalue weighted by Crippen LogP contribution is -1.96. The number of aromatic amines is 1.